The van der Waals surface area contributed by atoms with Gasteiger partial charge in [0.1, 0.15) is 16.5 Å². The van der Waals surface area contributed by atoms with Crippen molar-refractivity contribution in [3.63, 3.8) is 0 Å². The first-order chi connectivity index (χ1) is 15.1. The largest absolute Gasteiger partial charge is 0.497 e. The molecule has 0 amide bonds. The van der Waals surface area contributed by atoms with Gasteiger partial charge in [0.15, 0.2) is 11.0 Å². The number of halogens is 1. The Kier molecular flexibility index (Phi) is 6.80. The Morgan fingerprint density at radius 3 is 2.71 bits per heavy atom. The van der Waals surface area contributed by atoms with Gasteiger partial charge in [-0.1, -0.05) is 35.5 Å². The molecule has 2 heterocycles. The third kappa shape index (κ3) is 4.71. The van der Waals surface area contributed by atoms with E-state index in [4.69, 9.17) is 26.1 Å². The molecule has 0 aliphatic heterocycles. The molecule has 0 aliphatic rings. The van der Waals surface area contributed by atoms with Crippen LogP contribution in [0.4, 0.5) is 0 Å². The fraction of sp³-hybridized carbons (Fsp3) is 0.227. The number of hydrogen-bond acceptors (Lipinski definition) is 7. The van der Waals surface area contributed by atoms with Crippen LogP contribution in [-0.2, 0) is 12.3 Å². The molecule has 160 valence electrons. The van der Waals surface area contributed by atoms with Crippen molar-refractivity contribution in [2.75, 3.05) is 14.2 Å². The molecule has 2 aromatic heterocycles. The first kappa shape index (κ1) is 21.7. The molecule has 0 atom stereocenters. The lowest BCUT2D eigenvalue weighted by Crippen LogP contribution is -2.00. The van der Waals surface area contributed by atoms with Gasteiger partial charge in [0.2, 0.25) is 0 Å². The van der Waals surface area contributed by atoms with Crippen molar-refractivity contribution in [2.45, 2.75) is 24.4 Å². The lowest BCUT2D eigenvalue weighted by molar-refractivity contribution is 0.395. The molecule has 0 bridgehead atoms. The maximum atomic E-state index is 6.14. The van der Waals surface area contributed by atoms with E-state index in [9.17, 15) is 0 Å². The highest BCUT2D eigenvalue weighted by molar-refractivity contribution is 7.98. The first-order valence-electron chi connectivity index (χ1n) is 9.61. The summed E-state index contributed by atoms with van der Waals surface area (Å²) >= 11 is 9.35. The van der Waals surface area contributed by atoms with Gasteiger partial charge in [0.25, 0.3) is 0 Å². The molecule has 0 saturated carbocycles. The van der Waals surface area contributed by atoms with Crippen LogP contribution < -0.4 is 9.47 Å². The van der Waals surface area contributed by atoms with Gasteiger partial charge < -0.3 is 14.0 Å². The number of nitrogens with zero attached hydrogens (tertiary/aromatic N) is 4. The van der Waals surface area contributed by atoms with E-state index < -0.39 is 0 Å². The number of thiazole rings is 1. The van der Waals surface area contributed by atoms with E-state index in [-0.39, 0.29) is 0 Å². The van der Waals surface area contributed by atoms with Crippen molar-refractivity contribution < 1.29 is 9.47 Å². The molecule has 9 heteroatoms. The molecular weight excluding hydrogens is 452 g/mol. The summed E-state index contributed by atoms with van der Waals surface area (Å²) in [5.41, 5.74) is 2.89. The standard InChI is InChI=1S/C22H21ClN4O2S2/c1-4-27-20(14-6-5-7-15(23)10-14)25-26-22(27)31-13-16-12-30-21(24-16)18-9-8-17(28-2)11-19(18)29-3/h5-12H,4,13H2,1-3H3. The van der Waals surface area contributed by atoms with Crippen molar-refractivity contribution in [3.8, 4) is 33.5 Å². The van der Waals surface area contributed by atoms with Gasteiger partial charge >= 0.3 is 0 Å². The highest BCUT2D eigenvalue weighted by Gasteiger charge is 2.16. The van der Waals surface area contributed by atoms with Crippen molar-refractivity contribution in [2.24, 2.45) is 0 Å². The monoisotopic (exact) mass is 472 g/mol. The molecule has 0 N–H and O–H groups in total. The van der Waals surface area contributed by atoms with E-state index in [2.05, 4.69) is 27.1 Å². The Morgan fingerprint density at radius 2 is 1.97 bits per heavy atom. The van der Waals surface area contributed by atoms with E-state index in [1.54, 1.807) is 37.3 Å². The van der Waals surface area contributed by atoms with Crippen LogP contribution >= 0.6 is 34.7 Å². The minimum Gasteiger partial charge on any atom is -0.497 e. The highest BCUT2D eigenvalue weighted by atomic mass is 35.5. The summed E-state index contributed by atoms with van der Waals surface area (Å²) in [6.45, 7) is 2.85. The predicted molar refractivity (Wildman–Crippen MR) is 126 cm³/mol. The minimum absolute atomic E-state index is 0.682. The number of methoxy groups -OCH3 is 2. The maximum Gasteiger partial charge on any atom is 0.191 e. The summed E-state index contributed by atoms with van der Waals surface area (Å²) in [6, 6.07) is 13.4. The van der Waals surface area contributed by atoms with Crippen molar-refractivity contribution in [1.29, 1.82) is 0 Å². The summed E-state index contributed by atoms with van der Waals surface area (Å²) < 4.78 is 12.9. The zero-order valence-corrected chi connectivity index (χ0v) is 19.7. The fourth-order valence-electron chi connectivity index (χ4n) is 3.13. The predicted octanol–water partition coefficient (Wildman–Crippen LogP) is 6.05. The van der Waals surface area contributed by atoms with E-state index in [0.717, 1.165) is 50.9 Å². The van der Waals surface area contributed by atoms with Crippen LogP contribution in [0.1, 0.15) is 12.6 Å². The molecule has 4 aromatic rings. The van der Waals surface area contributed by atoms with Crippen LogP contribution in [0, 0.1) is 0 Å². The number of hydrogen-bond donors (Lipinski definition) is 0. The summed E-state index contributed by atoms with van der Waals surface area (Å²) in [4.78, 5) is 4.79. The zero-order valence-electron chi connectivity index (χ0n) is 17.3. The molecule has 0 fully saturated rings. The lowest BCUT2D eigenvalue weighted by Gasteiger charge is -2.08. The van der Waals surface area contributed by atoms with Crippen LogP contribution in [0.15, 0.2) is 53.0 Å². The maximum absolute atomic E-state index is 6.14. The molecule has 0 aliphatic carbocycles. The van der Waals surface area contributed by atoms with E-state index in [1.807, 2.05) is 42.5 Å². The SMILES string of the molecule is CCn1c(SCc2csc(-c3ccc(OC)cc3OC)n2)nnc1-c1cccc(Cl)c1. The van der Waals surface area contributed by atoms with Gasteiger partial charge in [-0.15, -0.1) is 21.5 Å². The van der Waals surface area contributed by atoms with Crippen molar-refractivity contribution in [1.82, 2.24) is 19.7 Å². The Morgan fingerprint density at radius 1 is 1.10 bits per heavy atom. The van der Waals surface area contributed by atoms with E-state index in [1.165, 1.54) is 0 Å². The van der Waals surface area contributed by atoms with Crippen LogP contribution in [0.3, 0.4) is 0 Å². The topological polar surface area (TPSA) is 62.1 Å². The van der Waals surface area contributed by atoms with Gasteiger partial charge in [0.05, 0.1) is 25.5 Å². The second-order valence-corrected chi connectivity index (χ2v) is 8.80. The second-order valence-electron chi connectivity index (χ2n) is 6.56. The van der Waals surface area contributed by atoms with Gasteiger partial charge in [-0.3, -0.25) is 0 Å². The highest BCUT2D eigenvalue weighted by Crippen LogP contribution is 2.36. The van der Waals surface area contributed by atoms with Crippen LogP contribution in [0.5, 0.6) is 11.5 Å². The molecule has 6 nitrogen and oxygen atoms in total. The minimum atomic E-state index is 0.682. The third-order valence-corrected chi connectivity index (χ3v) is 6.82. The molecule has 0 spiro atoms. The quantitative estimate of drug-likeness (QED) is 0.291. The normalized spacial score (nSPS) is 11.0. The Hall–Kier alpha value is -2.55. The van der Waals surface area contributed by atoms with Gasteiger partial charge in [-0.2, -0.15) is 0 Å². The Bertz CT molecular complexity index is 1190. The number of thioether (sulfide) groups is 1. The van der Waals surface area contributed by atoms with Crippen molar-refractivity contribution in [3.05, 3.63) is 58.6 Å². The smallest absolute Gasteiger partial charge is 0.191 e. The number of aromatic nitrogens is 4. The molecule has 4 rings (SSSR count). The summed E-state index contributed by atoms with van der Waals surface area (Å²) in [6.07, 6.45) is 0. The molecule has 31 heavy (non-hydrogen) atoms. The second kappa shape index (κ2) is 9.72. The third-order valence-electron chi connectivity index (χ3n) is 4.66. The average Bonchev–Trinajstić information content (AvgIpc) is 3.43. The lowest BCUT2D eigenvalue weighted by atomic mass is 10.2. The summed E-state index contributed by atoms with van der Waals surface area (Å²) in [5.74, 6) is 3.00. The Labute approximate surface area is 194 Å². The fourth-order valence-corrected chi connectivity index (χ4v) is 5.17. The average molecular weight is 473 g/mol. The molecule has 0 radical (unpaired) electrons. The van der Waals surface area contributed by atoms with Gasteiger partial charge in [0, 0.05) is 34.3 Å². The molecule has 2 aromatic carbocycles. The van der Waals surface area contributed by atoms with Crippen LogP contribution in [0.2, 0.25) is 5.02 Å². The van der Waals surface area contributed by atoms with E-state index in [0.29, 0.717) is 10.8 Å². The molecule has 0 unspecified atom stereocenters. The Balaban J connectivity index is 1.52. The van der Waals surface area contributed by atoms with Crippen LogP contribution in [-0.4, -0.2) is 34.0 Å². The number of rotatable bonds is 8. The molecular formula is C22H21ClN4O2S2. The van der Waals surface area contributed by atoms with Crippen molar-refractivity contribution >= 4 is 34.7 Å². The zero-order chi connectivity index (χ0) is 21.8. The molecule has 0 saturated heterocycles. The summed E-state index contributed by atoms with van der Waals surface area (Å²) in [5, 5.41) is 13.3. The summed E-state index contributed by atoms with van der Waals surface area (Å²) in [7, 11) is 3.29. The number of ether oxygens (including phenoxy) is 2. The van der Waals surface area contributed by atoms with E-state index >= 15 is 0 Å². The number of benzene rings is 2. The first-order valence-corrected chi connectivity index (χ1v) is 11.9. The van der Waals surface area contributed by atoms with Crippen LogP contribution in [0.25, 0.3) is 22.0 Å². The van der Waals surface area contributed by atoms with Gasteiger partial charge in [-0.05, 0) is 31.2 Å². The van der Waals surface area contributed by atoms with Gasteiger partial charge in [-0.25, -0.2) is 4.98 Å².